The van der Waals surface area contributed by atoms with Gasteiger partial charge in [-0.05, 0) is 32.0 Å². The summed E-state index contributed by atoms with van der Waals surface area (Å²) in [6, 6.07) is 7.39. The molecule has 0 aliphatic heterocycles. The standard InChI is InChI=1S/C13H14Cl2N4/c1-8(2)18-12-6-13(17-7-16-12)19-11-4-3-9(14)5-10(11)15/h3-8H,1-2H3,(H2,16,17,18,19). The number of aromatic nitrogens is 2. The smallest absolute Gasteiger partial charge is 0.135 e. The van der Waals surface area contributed by atoms with Crippen LogP contribution in [0.5, 0.6) is 0 Å². The summed E-state index contributed by atoms with van der Waals surface area (Å²) in [5, 5.41) is 7.48. The molecule has 100 valence electrons. The summed E-state index contributed by atoms with van der Waals surface area (Å²) >= 11 is 12.0. The lowest BCUT2D eigenvalue weighted by molar-refractivity contribution is 0.886. The molecular weight excluding hydrogens is 283 g/mol. The van der Waals surface area contributed by atoms with Gasteiger partial charge in [0.25, 0.3) is 0 Å². The third-order valence-corrected chi connectivity index (χ3v) is 2.85. The second-order valence-electron chi connectivity index (χ2n) is 4.34. The van der Waals surface area contributed by atoms with Crippen molar-refractivity contribution in [2.45, 2.75) is 19.9 Å². The Morgan fingerprint density at radius 3 is 2.47 bits per heavy atom. The highest BCUT2D eigenvalue weighted by atomic mass is 35.5. The highest BCUT2D eigenvalue weighted by Crippen LogP contribution is 2.27. The van der Waals surface area contributed by atoms with Crippen molar-refractivity contribution in [2.24, 2.45) is 0 Å². The number of halogens is 2. The predicted octanol–water partition coefficient (Wildman–Crippen LogP) is 4.35. The summed E-state index contributed by atoms with van der Waals surface area (Å²) in [6.07, 6.45) is 1.50. The summed E-state index contributed by atoms with van der Waals surface area (Å²) < 4.78 is 0. The van der Waals surface area contributed by atoms with Gasteiger partial charge in [0.05, 0.1) is 10.7 Å². The van der Waals surface area contributed by atoms with Crippen molar-refractivity contribution in [3.05, 3.63) is 40.6 Å². The van der Waals surface area contributed by atoms with Gasteiger partial charge in [-0.1, -0.05) is 23.2 Å². The minimum absolute atomic E-state index is 0.307. The Morgan fingerprint density at radius 1 is 1.05 bits per heavy atom. The van der Waals surface area contributed by atoms with E-state index in [0.717, 1.165) is 11.5 Å². The van der Waals surface area contributed by atoms with Crippen molar-refractivity contribution < 1.29 is 0 Å². The van der Waals surface area contributed by atoms with Gasteiger partial charge in [0.2, 0.25) is 0 Å². The van der Waals surface area contributed by atoms with Crippen molar-refractivity contribution in [2.75, 3.05) is 10.6 Å². The Kier molecular flexibility index (Phi) is 4.45. The lowest BCUT2D eigenvalue weighted by Gasteiger charge is -2.11. The second-order valence-corrected chi connectivity index (χ2v) is 5.18. The first-order valence-corrected chi connectivity index (χ1v) is 6.61. The van der Waals surface area contributed by atoms with Crippen LogP contribution in [-0.4, -0.2) is 16.0 Å². The fourth-order valence-electron chi connectivity index (χ4n) is 1.53. The third kappa shape index (κ3) is 3.98. The topological polar surface area (TPSA) is 49.8 Å². The van der Waals surface area contributed by atoms with Crippen molar-refractivity contribution in [1.82, 2.24) is 9.97 Å². The van der Waals surface area contributed by atoms with Crippen LogP contribution in [0.4, 0.5) is 17.3 Å². The average molecular weight is 297 g/mol. The number of hydrogen-bond donors (Lipinski definition) is 2. The first kappa shape index (κ1) is 13.9. The molecule has 0 amide bonds. The zero-order chi connectivity index (χ0) is 13.8. The fourth-order valence-corrected chi connectivity index (χ4v) is 1.98. The Morgan fingerprint density at radius 2 is 1.79 bits per heavy atom. The molecule has 1 aromatic heterocycles. The van der Waals surface area contributed by atoms with E-state index in [1.807, 2.05) is 26.0 Å². The van der Waals surface area contributed by atoms with Gasteiger partial charge in [0, 0.05) is 17.1 Å². The molecule has 6 heteroatoms. The quantitative estimate of drug-likeness (QED) is 0.881. The Labute approximate surface area is 122 Å². The van der Waals surface area contributed by atoms with Crippen LogP contribution in [0.2, 0.25) is 10.0 Å². The van der Waals surface area contributed by atoms with Crippen LogP contribution >= 0.6 is 23.2 Å². The molecule has 0 radical (unpaired) electrons. The number of hydrogen-bond acceptors (Lipinski definition) is 4. The summed E-state index contributed by atoms with van der Waals surface area (Å²) in [7, 11) is 0. The van der Waals surface area contributed by atoms with Gasteiger partial charge in [-0.25, -0.2) is 9.97 Å². The number of anilines is 3. The zero-order valence-electron chi connectivity index (χ0n) is 10.6. The van der Waals surface area contributed by atoms with E-state index >= 15 is 0 Å². The SMILES string of the molecule is CC(C)Nc1cc(Nc2ccc(Cl)cc2Cl)ncn1. The van der Waals surface area contributed by atoms with E-state index in [-0.39, 0.29) is 0 Å². The van der Waals surface area contributed by atoms with Crippen molar-refractivity contribution in [3.63, 3.8) is 0 Å². The monoisotopic (exact) mass is 296 g/mol. The maximum Gasteiger partial charge on any atom is 0.135 e. The Balaban J connectivity index is 2.18. The minimum Gasteiger partial charge on any atom is -0.368 e. The van der Waals surface area contributed by atoms with E-state index in [4.69, 9.17) is 23.2 Å². The molecule has 1 heterocycles. The van der Waals surface area contributed by atoms with Crippen LogP contribution in [0.3, 0.4) is 0 Å². The van der Waals surface area contributed by atoms with Crippen molar-refractivity contribution >= 4 is 40.5 Å². The maximum absolute atomic E-state index is 6.10. The van der Waals surface area contributed by atoms with Crippen LogP contribution in [0.15, 0.2) is 30.6 Å². The summed E-state index contributed by atoms with van der Waals surface area (Å²) in [6.45, 7) is 4.09. The first-order valence-electron chi connectivity index (χ1n) is 5.85. The molecular formula is C13H14Cl2N4. The normalized spacial score (nSPS) is 10.6. The summed E-state index contributed by atoms with van der Waals surface area (Å²) in [5.74, 6) is 1.43. The molecule has 4 nitrogen and oxygen atoms in total. The lowest BCUT2D eigenvalue weighted by atomic mass is 10.3. The van der Waals surface area contributed by atoms with Crippen LogP contribution in [0.1, 0.15) is 13.8 Å². The summed E-state index contributed by atoms with van der Waals surface area (Å²) in [5.41, 5.74) is 0.750. The molecule has 0 aliphatic carbocycles. The largest absolute Gasteiger partial charge is 0.368 e. The second kappa shape index (κ2) is 6.08. The number of nitrogens with zero attached hydrogens (tertiary/aromatic N) is 2. The van der Waals surface area contributed by atoms with Crippen LogP contribution in [-0.2, 0) is 0 Å². The Hall–Kier alpha value is -1.52. The molecule has 0 aliphatic rings. The van der Waals surface area contributed by atoms with Gasteiger partial charge < -0.3 is 10.6 Å². The Bertz CT molecular complexity index is 572. The van der Waals surface area contributed by atoms with Gasteiger partial charge in [0.1, 0.15) is 18.0 Å². The van der Waals surface area contributed by atoms with Crippen LogP contribution < -0.4 is 10.6 Å². The highest BCUT2D eigenvalue weighted by Gasteiger charge is 2.04. The van der Waals surface area contributed by atoms with E-state index in [1.165, 1.54) is 6.33 Å². The van der Waals surface area contributed by atoms with Crippen molar-refractivity contribution in [3.8, 4) is 0 Å². The van der Waals surface area contributed by atoms with Crippen LogP contribution in [0, 0.1) is 0 Å². The van der Waals surface area contributed by atoms with E-state index in [2.05, 4.69) is 20.6 Å². The maximum atomic E-state index is 6.10. The third-order valence-electron chi connectivity index (χ3n) is 2.30. The van der Waals surface area contributed by atoms with Gasteiger partial charge >= 0.3 is 0 Å². The minimum atomic E-state index is 0.307. The molecule has 2 aromatic rings. The average Bonchev–Trinajstić information content (AvgIpc) is 2.32. The number of rotatable bonds is 4. The molecule has 0 fully saturated rings. The molecule has 1 aromatic carbocycles. The molecule has 0 atom stereocenters. The molecule has 0 saturated carbocycles. The van der Waals surface area contributed by atoms with E-state index in [9.17, 15) is 0 Å². The van der Waals surface area contributed by atoms with E-state index in [1.54, 1.807) is 12.1 Å². The number of nitrogens with one attached hydrogen (secondary N) is 2. The predicted molar refractivity (Wildman–Crippen MR) is 80.5 cm³/mol. The highest BCUT2D eigenvalue weighted by molar-refractivity contribution is 6.36. The van der Waals surface area contributed by atoms with E-state index < -0.39 is 0 Å². The molecule has 0 saturated heterocycles. The fraction of sp³-hybridized carbons (Fsp3) is 0.231. The van der Waals surface area contributed by atoms with E-state index in [0.29, 0.717) is 21.9 Å². The first-order chi connectivity index (χ1) is 9.04. The summed E-state index contributed by atoms with van der Waals surface area (Å²) in [4.78, 5) is 8.29. The molecule has 0 unspecified atom stereocenters. The molecule has 0 bridgehead atoms. The number of benzene rings is 1. The molecule has 2 rings (SSSR count). The molecule has 2 N–H and O–H groups in total. The van der Waals surface area contributed by atoms with Crippen molar-refractivity contribution in [1.29, 1.82) is 0 Å². The van der Waals surface area contributed by atoms with Gasteiger partial charge in [0.15, 0.2) is 0 Å². The van der Waals surface area contributed by atoms with Gasteiger partial charge in [-0.3, -0.25) is 0 Å². The lowest BCUT2D eigenvalue weighted by Crippen LogP contribution is -2.11. The zero-order valence-corrected chi connectivity index (χ0v) is 12.1. The molecule has 0 spiro atoms. The van der Waals surface area contributed by atoms with Crippen LogP contribution in [0.25, 0.3) is 0 Å². The van der Waals surface area contributed by atoms with Gasteiger partial charge in [-0.2, -0.15) is 0 Å². The molecule has 19 heavy (non-hydrogen) atoms. The van der Waals surface area contributed by atoms with Gasteiger partial charge in [-0.15, -0.1) is 0 Å².